The largest absolute Gasteiger partial charge is 0.480 e. The van der Waals surface area contributed by atoms with E-state index in [9.17, 15) is 4.79 Å². The molecule has 0 radical (unpaired) electrons. The first kappa shape index (κ1) is 9.48. The normalized spacial score (nSPS) is 20.6. The standard InChI is InChI=1S/C8H16N2O2/c1-10(6-3-2-4-6)5-7(9)8(11)12/h6-7H,2-5,9H2,1H3,(H,11,12). The van der Waals surface area contributed by atoms with Crippen LogP contribution in [0.2, 0.25) is 0 Å². The maximum absolute atomic E-state index is 10.4. The van der Waals surface area contributed by atoms with Crippen LogP contribution in [0.25, 0.3) is 0 Å². The predicted octanol–water partition coefficient (Wildman–Crippen LogP) is -0.117. The van der Waals surface area contributed by atoms with E-state index in [4.69, 9.17) is 10.8 Å². The number of likely N-dealkylation sites (N-methyl/N-ethyl adjacent to an activating group) is 1. The van der Waals surface area contributed by atoms with Crippen molar-refractivity contribution in [3.63, 3.8) is 0 Å². The smallest absolute Gasteiger partial charge is 0.321 e. The van der Waals surface area contributed by atoms with Gasteiger partial charge < -0.3 is 15.7 Å². The molecular weight excluding hydrogens is 156 g/mol. The van der Waals surface area contributed by atoms with Crippen LogP contribution in [0.3, 0.4) is 0 Å². The molecule has 1 fully saturated rings. The van der Waals surface area contributed by atoms with E-state index in [0.717, 1.165) is 0 Å². The fraction of sp³-hybridized carbons (Fsp3) is 0.875. The van der Waals surface area contributed by atoms with Gasteiger partial charge >= 0.3 is 5.97 Å². The minimum atomic E-state index is -0.916. The second kappa shape index (κ2) is 3.87. The lowest BCUT2D eigenvalue weighted by molar-refractivity contribution is -0.139. The summed E-state index contributed by atoms with van der Waals surface area (Å²) in [6, 6.07) is -0.175. The summed E-state index contributed by atoms with van der Waals surface area (Å²) in [6.45, 7) is 0.458. The van der Waals surface area contributed by atoms with E-state index in [1.54, 1.807) is 0 Å². The highest BCUT2D eigenvalue weighted by molar-refractivity contribution is 5.73. The number of nitrogens with two attached hydrogens (primary N) is 1. The lowest BCUT2D eigenvalue weighted by Gasteiger charge is -2.35. The Morgan fingerprint density at radius 3 is 2.67 bits per heavy atom. The van der Waals surface area contributed by atoms with Crippen LogP contribution in [0.5, 0.6) is 0 Å². The number of aliphatic carboxylic acids is 1. The van der Waals surface area contributed by atoms with Gasteiger partial charge in [-0.2, -0.15) is 0 Å². The molecule has 3 N–H and O–H groups in total. The molecule has 0 spiro atoms. The first-order chi connectivity index (χ1) is 5.61. The van der Waals surface area contributed by atoms with Crippen molar-refractivity contribution in [1.29, 1.82) is 0 Å². The Kier molecular flexibility index (Phi) is 3.05. The third-order valence-corrected chi connectivity index (χ3v) is 2.50. The Morgan fingerprint density at radius 2 is 2.33 bits per heavy atom. The zero-order valence-corrected chi connectivity index (χ0v) is 7.36. The van der Waals surface area contributed by atoms with Gasteiger partial charge in [0.2, 0.25) is 0 Å². The van der Waals surface area contributed by atoms with E-state index in [2.05, 4.69) is 0 Å². The lowest BCUT2D eigenvalue weighted by Crippen LogP contribution is -2.47. The molecule has 0 aliphatic heterocycles. The number of nitrogens with zero attached hydrogens (tertiary/aromatic N) is 1. The summed E-state index contributed by atoms with van der Waals surface area (Å²) in [5.74, 6) is -0.916. The Hall–Kier alpha value is -0.610. The van der Waals surface area contributed by atoms with Gasteiger partial charge in [0.1, 0.15) is 6.04 Å². The molecule has 0 aromatic rings. The monoisotopic (exact) mass is 172 g/mol. The van der Waals surface area contributed by atoms with Crippen molar-refractivity contribution in [1.82, 2.24) is 4.90 Å². The van der Waals surface area contributed by atoms with Gasteiger partial charge in [0.15, 0.2) is 0 Å². The van der Waals surface area contributed by atoms with Crippen molar-refractivity contribution in [2.75, 3.05) is 13.6 Å². The second-order valence-corrected chi connectivity index (χ2v) is 3.47. The van der Waals surface area contributed by atoms with E-state index in [1.807, 2.05) is 11.9 Å². The molecule has 1 rings (SSSR count). The molecule has 0 aromatic carbocycles. The molecule has 12 heavy (non-hydrogen) atoms. The Labute approximate surface area is 72.3 Å². The van der Waals surface area contributed by atoms with Crippen molar-refractivity contribution in [3.05, 3.63) is 0 Å². The van der Waals surface area contributed by atoms with Crippen LogP contribution in [-0.2, 0) is 4.79 Å². The molecule has 1 saturated carbocycles. The van der Waals surface area contributed by atoms with Gasteiger partial charge in [-0.3, -0.25) is 4.79 Å². The molecule has 1 unspecified atom stereocenters. The molecule has 0 saturated heterocycles. The molecule has 4 heteroatoms. The van der Waals surface area contributed by atoms with Crippen molar-refractivity contribution >= 4 is 5.97 Å². The lowest BCUT2D eigenvalue weighted by atomic mass is 9.91. The average molecular weight is 172 g/mol. The summed E-state index contributed by atoms with van der Waals surface area (Å²) in [5.41, 5.74) is 5.39. The highest BCUT2D eigenvalue weighted by Crippen LogP contribution is 2.23. The zero-order chi connectivity index (χ0) is 9.14. The number of rotatable bonds is 4. The summed E-state index contributed by atoms with van der Waals surface area (Å²) in [7, 11) is 1.94. The Balaban J connectivity index is 2.24. The first-order valence-electron chi connectivity index (χ1n) is 4.30. The molecule has 1 atom stereocenters. The number of carboxylic acid groups (broad SMARTS) is 1. The number of carbonyl (C=O) groups is 1. The van der Waals surface area contributed by atoms with Gasteiger partial charge in [0.05, 0.1) is 0 Å². The summed E-state index contributed by atoms with van der Waals surface area (Å²) >= 11 is 0. The molecule has 1 aliphatic carbocycles. The molecule has 0 heterocycles. The molecule has 0 amide bonds. The van der Waals surface area contributed by atoms with Crippen molar-refractivity contribution in [2.24, 2.45) is 5.73 Å². The van der Waals surface area contributed by atoms with Gasteiger partial charge in [-0.05, 0) is 19.9 Å². The second-order valence-electron chi connectivity index (χ2n) is 3.47. The van der Waals surface area contributed by atoms with E-state index >= 15 is 0 Å². The third-order valence-electron chi connectivity index (χ3n) is 2.50. The Bertz CT molecular complexity index is 168. The van der Waals surface area contributed by atoms with Crippen molar-refractivity contribution in [2.45, 2.75) is 31.3 Å². The number of carboxylic acids is 1. The summed E-state index contributed by atoms with van der Waals surface area (Å²) in [6.07, 6.45) is 3.63. The van der Waals surface area contributed by atoms with Gasteiger partial charge in [0.25, 0.3) is 0 Å². The van der Waals surface area contributed by atoms with Gasteiger partial charge in [-0.25, -0.2) is 0 Å². The molecule has 4 nitrogen and oxygen atoms in total. The van der Waals surface area contributed by atoms with Crippen LogP contribution in [0.15, 0.2) is 0 Å². The maximum atomic E-state index is 10.4. The van der Waals surface area contributed by atoms with Crippen LogP contribution in [0.1, 0.15) is 19.3 Å². The van der Waals surface area contributed by atoms with Crippen molar-refractivity contribution < 1.29 is 9.90 Å². The SMILES string of the molecule is CN(CC(N)C(=O)O)C1CCC1. The van der Waals surface area contributed by atoms with Crippen LogP contribution >= 0.6 is 0 Å². The minimum absolute atomic E-state index is 0.458. The van der Waals surface area contributed by atoms with E-state index < -0.39 is 12.0 Å². The quantitative estimate of drug-likeness (QED) is 0.620. The highest BCUT2D eigenvalue weighted by atomic mass is 16.4. The van der Waals surface area contributed by atoms with Crippen LogP contribution in [0, 0.1) is 0 Å². The molecule has 70 valence electrons. The topological polar surface area (TPSA) is 66.6 Å². The maximum Gasteiger partial charge on any atom is 0.321 e. The van der Waals surface area contributed by atoms with Crippen LogP contribution in [-0.4, -0.2) is 41.7 Å². The van der Waals surface area contributed by atoms with E-state index in [1.165, 1.54) is 19.3 Å². The predicted molar refractivity (Wildman–Crippen MR) is 45.9 cm³/mol. The molecule has 0 aromatic heterocycles. The number of hydrogen-bond donors (Lipinski definition) is 2. The van der Waals surface area contributed by atoms with E-state index in [0.29, 0.717) is 12.6 Å². The summed E-state index contributed by atoms with van der Waals surface area (Å²) < 4.78 is 0. The fourth-order valence-corrected chi connectivity index (χ4v) is 1.36. The summed E-state index contributed by atoms with van der Waals surface area (Å²) in [4.78, 5) is 12.5. The van der Waals surface area contributed by atoms with Crippen LogP contribution < -0.4 is 5.73 Å². The highest BCUT2D eigenvalue weighted by Gasteiger charge is 2.24. The fourth-order valence-electron chi connectivity index (χ4n) is 1.36. The van der Waals surface area contributed by atoms with E-state index in [-0.39, 0.29) is 0 Å². The van der Waals surface area contributed by atoms with Crippen LogP contribution in [0.4, 0.5) is 0 Å². The number of hydrogen-bond acceptors (Lipinski definition) is 3. The zero-order valence-electron chi connectivity index (χ0n) is 7.36. The summed E-state index contributed by atoms with van der Waals surface area (Å²) in [5, 5.41) is 8.55. The minimum Gasteiger partial charge on any atom is -0.480 e. The molecule has 0 bridgehead atoms. The molecule has 1 aliphatic rings. The first-order valence-corrected chi connectivity index (χ1v) is 4.30. The average Bonchev–Trinajstić information content (AvgIpc) is 1.82. The Morgan fingerprint density at radius 1 is 1.75 bits per heavy atom. The van der Waals surface area contributed by atoms with Crippen molar-refractivity contribution in [3.8, 4) is 0 Å². The van der Waals surface area contributed by atoms with Gasteiger partial charge in [-0.1, -0.05) is 6.42 Å². The van der Waals surface area contributed by atoms with Gasteiger partial charge in [-0.15, -0.1) is 0 Å². The van der Waals surface area contributed by atoms with Gasteiger partial charge in [0, 0.05) is 12.6 Å². The molecular formula is C8H16N2O2. The third kappa shape index (κ3) is 2.19.